The summed E-state index contributed by atoms with van der Waals surface area (Å²) < 4.78 is 23.2. The van der Waals surface area contributed by atoms with Crippen molar-refractivity contribution in [1.29, 1.82) is 0 Å². The fourth-order valence-electron chi connectivity index (χ4n) is 7.62. The molecule has 9 nitrogen and oxygen atoms in total. The molecule has 0 spiro atoms. The highest BCUT2D eigenvalue weighted by Crippen LogP contribution is 2.59. The van der Waals surface area contributed by atoms with Crippen molar-refractivity contribution in [2.75, 3.05) is 33.2 Å². The van der Waals surface area contributed by atoms with Crippen LogP contribution >= 0.6 is 0 Å². The summed E-state index contributed by atoms with van der Waals surface area (Å²) in [5.74, 6) is 0.736. The third-order valence-electron chi connectivity index (χ3n) is 10.3. The van der Waals surface area contributed by atoms with Crippen molar-refractivity contribution < 1.29 is 33.6 Å². The van der Waals surface area contributed by atoms with Gasteiger partial charge in [-0.2, -0.15) is 0 Å². The standard InChI is InChI=1S/C30H34N2O7/c1-5-29(3)27(35)37-13-18-26(34)32-12-17-23-22-16(6-7-28(23,2)14-36-9-8-33)25-21(38-15-39-25)10-19(22)31-24(17)20(32)11-30(18,29)4/h10-11,18,33H,5-9,12-15H2,1-4H3/t18?,28-,29-,30?/m0/s1. The Labute approximate surface area is 227 Å². The molecule has 206 valence electrons. The lowest BCUT2D eigenvalue weighted by Gasteiger charge is -2.53. The predicted octanol–water partition coefficient (Wildman–Crippen LogP) is 3.47. The number of hydrogen-bond donors (Lipinski definition) is 1. The number of rotatable bonds is 5. The van der Waals surface area contributed by atoms with Gasteiger partial charge in [-0.15, -0.1) is 0 Å². The molecule has 2 unspecified atom stereocenters. The second kappa shape index (κ2) is 8.17. The van der Waals surface area contributed by atoms with Crippen LogP contribution in [0, 0.1) is 16.7 Å². The molecule has 5 aliphatic rings. The van der Waals surface area contributed by atoms with Gasteiger partial charge in [0.2, 0.25) is 12.7 Å². The second-order valence-corrected chi connectivity index (χ2v) is 12.2. The van der Waals surface area contributed by atoms with E-state index < -0.39 is 16.7 Å². The van der Waals surface area contributed by atoms with Gasteiger partial charge in [-0.3, -0.25) is 9.59 Å². The molecule has 4 atom stereocenters. The first-order valence-corrected chi connectivity index (χ1v) is 13.9. The van der Waals surface area contributed by atoms with Crippen LogP contribution in [0.5, 0.6) is 11.5 Å². The van der Waals surface area contributed by atoms with Crippen LogP contribution in [0.1, 0.15) is 62.9 Å². The highest BCUT2D eigenvalue weighted by Gasteiger charge is 2.62. The van der Waals surface area contributed by atoms with Gasteiger partial charge in [-0.1, -0.05) is 26.8 Å². The molecule has 1 saturated heterocycles. The number of carbonyl (C=O) groups is 2. The third kappa shape index (κ3) is 3.06. The topological polar surface area (TPSA) is 107 Å². The zero-order valence-electron chi connectivity index (χ0n) is 22.9. The Morgan fingerprint density at radius 3 is 2.77 bits per heavy atom. The molecule has 1 aromatic heterocycles. The van der Waals surface area contributed by atoms with Crippen molar-refractivity contribution in [3.8, 4) is 11.5 Å². The van der Waals surface area contributed by atoms with E-state index in [0.29, 0.717) is 25.3 Å². The van der Waals surface area contributed by atoms with E-state index in [2.05, 4.69) is 13.0 Å². The Kier molecular flexibility index (Phi) is 5.21. The molecule has 0 radical (unpaired) electrons. The Morgan fingerprint density at radius 1 is 1.18 bits per heavy atom. The van der Waals surface area contributed by atoms with E-state index in [9.17, 15) is 14.7 Å². The molecule has 1 aromatic carbocycles. The summed E-state index contributed by atoms with van der Waals surface area (Å²) in [5.41, 5.74) is 3.70. The number of pyridine rings is 1. The van der Waals surface area contributed by atoms with Crippen LogP contribution in [-0.4, -0.2) is 60.1 Å². The first kappa shape index (κ1) is 24.8. The van der Waals surface area contributed by atoms with Crippen LogP contribution < -0.4 is 9.47 Å². The summed E-state index contributed by atoms with van der Waals surface area (Å²) >= 11 is 0. The average Bonchev–Trinajstić information content (AvgIpc) is 3.53. The lowest BCUT2D eigenvalue weighted by molar-refractivity contribution is -0.185. The number of aliphatic hydroxyl groups excluding tert-OH is 1. The number of allylic oxidation sites excluding steroid dienone is 1. The molecule has 1 amide bonds. The summed E-state index contributed by atoms with van der Waals surface area (Å²) in [6.07, 6.45) is 4.29. The average molecular weight is 535 g/mol. The van der Waals surface area contributed by atoms with E-state index >= 15 is 0 Å². The van der Waals surface area contributed by atoms with Crippen LogP contribution in [0.15, 0.2) is 12.1 Å². The van der Waals surface area contributed by atoms with Gasteiger partial charge in [0, 0.05) is 33.4 Å². The molecule has 2 aromatic rings. The zero-order chi connectivity index (χ0) is 27.3. The first-order chi connectivity index (χ1) is 18.7. The monoisotopic (exact) mass is 534 g/mol. The van der Waals surface area contributed by atoms with Crippen LogP contribution in [0.2, 0.25) is 0 Å². The molecule has 4 aliphatic heterocycles. The van der Waals surface area contributed by atoms with Gasteiger partial charge in [0.05, 0.1) is 54.6 Å². The summed E-state index contributed by atoms with van der Waals surface area (Å²) in [7, 11) is 0. The van der Waals surface area contributed by atoms with Crippen molar-refractivity contribution in [3.63, 3.8) is 0 Å². The molecule has 9 heteroatoms. The Bertz CT molecular complexity index is 1480. The number of aromatic nitrogens is 1. The number of aryl methyl sites for hydroxylation is 1. The fraction of sp³-hybridized carbons (Fsp3) is 0.567. The minimum atomic E-state index is -0.829. The fourth-order valence-corrected chi connectivity index (χ4v) is 7.62. The number of nitrogens with zero attached hydrogens (tertiary/aromatic N) is 2. The number of cyclic esters (lactones) is 1. The lowest BCUT2D eigenvalue weighted by Crippen LogP contribution is -2.59. The van der Waals surface area contributed by atoms with Gasteiger partial charge in [0.15, 0.2) is 11.5 Å². The Morgan fingerprint density at radius 2 is 2.00 bits per heavy atom. The number of esters is 1. The number of carbonyl (C=O) groups excluding carboxylic acids is 2. The molecule has 7 rings (SSSR count). The maximum absolute atomic E-state index is 14.1. The van der Waals surface area contributed by atoms with E-state index in [4.69, 9.17) is 23.9 Å². The number of amides is 1. The minimum Gasteiger partial charge on any atom is -0.464 e. The molecular formula is C30H34N2O7. The number of ether oxygens (including phenoxy) is 4. The van der Waals surface area contributed by atoms with Gasteiger partial charge in [0.25, 0.3) is 0 Å². The quantitative estimate of drug-likeness (QED) is 0.459. The molecule has 0 bridgehead atoms. The SMILES string of the molecule is CC[C@@]1(C)C(=O)OCC2C(=O)N3Cc4c(nc5cc6c(c7c5c4[C@](C)(COCCO)CC7)OCO6)C3=CC21C. The van der Waals surface area contributed by atoms with Crippen LogP contribution in [0.25, 0.3) is 16.6 Å². The van der Waals surface area contributed by atoms with Crippen LogP contribution in [0.3, 0.4) is 0 Å². The van der Waals surface area contributed by atoms with E-state index in [-0.39, 0.29) is 43.9 Å². The highest BCUT2D eigenvalue weighted by molar-refractivity contribution is 6.00. The molecule has 5 heterocycles. The van der Waals surface area contributed by atoms with Crippen molar-refractivity contribution in [2.45, 2.75) is 58.9 Å². The van der Waals surface area contributed by atoms with Crippen molar-refractivity contribution in [1.82, 2.24) is 9.88 Å². The van der Waals surface area contributed by atoms with E-state index in [0.717, 1.165) is 57.6 Å². The van der Waals surface area contributed by atoms with E-state index in [1.807, 2.05) is 31.7 Å². The van der Waals surface area contributed by atoms with Crippen LogP contribution in [0.4, 0.5) is 0 Å². The van der Waals surface area contributed by atoms with Crippen molar-refractivity contribution in [3.05, 3.63) is 34.5 Å². The van der Waals surface area contributed by atoms with Crippen LogP contribution in [-0.2, 0) is 37.4 Å². The van der Waals surface area contributed by atoms with Gasteiger partial charge in [-0.25, -0.2) is 4.98 Å². The lowest BCUT2D eigenvalue weighted by atomic mass is 9.55. The normalized spacial score (nSPS) is 32.1. The number of hydrogen-bond acceptors (Lipinski definition) is 8. The summed E-state index contributed by atoms with van der Waals surface area (Å²) in [6.45, 7) is 9.45. The predicted molar refractivity (Wildman–Crippen MR) is 141 cm³/mol. The maximum atomic E-state index is 14.1. The smallest absolute Gasteiger partial charge is 0.312 e. The number of aliphatic hydroxyl groups is 1. The highest BCUT2D eigenvalue weighted by atomic mass is 16.7. The molecule has 1 aliphatic carbocycles. The van der Waals surface area contributed by atoms with E-state index in [1.165, 1.54) is 0 Å². The molecular weight excluding hydrogens is 500 g/mol. The van der Waals surface area contributed by atoms with Gasteiger partial charge in [-0.05, 0) is 31.7 Å². The second-order valence-electron chi connectivity index (χ2n) is 12.2. The maximum Gasteiger partial charge on any atom is 0.312 e. The van der Waals surface area contributed by atoms with E-state index in [1.54, 1.807) is 0 Å². The Balaban J connectivity index is 1.49. The third-order valence-corrected chi connectivity index (χ3v) is 10.3. The first-order valence-electron chi connectivity index (χ1n) is 13.9. The Hall–Kier alpha value is -3.17. The van der Waals surface area contributed by atoms with Gasteiger partial charge < -0.3 is 29.0 Å². The molecule has 1 fully saturated rings. The largest absolute Gasteiger partial charge is 0.464 e. The minimum absolute atomic E-state index is 0.0279. The number of benzene rings is 1. The summed E-state index contributed by atoms with van der Waals surface area (Å²) in [4.78, 5) is 34.2. The van der Waals surface area contributed by atoms with Gasteiger partial charge >= 0.3 is 5.97 Å². The molecule has 0 saturated carbocycles. The summed E-state index contributed by atoms with van der Waals surface area (Å²) in [5, 5.41) is 10.4. The summed E-state index contributed by atoms with van der Waals surface area (Å²) in [6, 6.07) is 1.94. The van der Waals surface area contributed by atoms with Crippen molar-refractivity contribution in [2.24, 2.45) is 16.7 Å². The molecule has 39 heavy (non-hydrogen) atoms. The molecule has 1 N–H and O–H groups in total. The van der Waals surface area contributed by atoms with Gasteiger partial charge in [0.1, 0.15) is 6.61 Å². The zero-order valence-corrected chi connectivity index (χ0v) is 22.9. The number of fused-ring (bicyclic) bond motifs is 7. The van der Waals surface area contributed by atoms with Crippen molar-refractivity contribution >= 4 is 28.5 Å².